The van der Waals surface area contributed by atoms with Crippen molar-refractivity contribution in [3.05, 3.63) is 48.6 Å². The molecule has 3 saturated heterocycles. The number of unbranched alkanes of at least 4 members (excludes halogenated alkanes) is 26. The highest BCUT2D eigenvalue weighted by Gasteiger charge is 2.53. The Morgan fingerprint density at radius 1 is 0.434 bits per heavy atom. The van der Waals surface area contributed by atoms with Crippen molar-refractivity contribution < 1.29 is 89.4 Å². The van der Waals surface area contributed by atoms with E-state index in [0.717, 1.165) is 44.9 Å². The van der Waals surface area contributed by atoms with Gasteiger partial charge in [0, 0.05) is 6.42 Å². The van der Waals surface area contributed by atoms with E-state index in [1.807, 2.05) is 6.08 Å². The minimum Gasteiger partial charge on any atom is -0.394 e. The Hall–Kier alpha value is -2.25. The summed E-state index contributed by atoms with van der Waals surface area (Å²) in [5.41, 5.74) is 0. The predicted molar refractivity (Wildman–Crippen MR) is 319 cm³/mol. The van der Waals surface area contributed by atoms with Crippen LogP contribution >= 0.6 is 0 Å². The monoisotopic (exact) mass is 1190 g/mol. The second kappa shape index (κ2) is 46.8. The summed E-state index contributed by atoms with van der Waals surface area (Å²) < 4.78 is 34.2. The standard InChI is InChI=1S/C64H115NO18/c1-3-5-7-9-11-13-15-17-18-19-20-21-22-23-24-25-26-27-28-30-32-34-36-38-40-42-52(70)65-47(48(69)41-39-37-35-33-31-29-16-14-12-10-8-6-4-2)46-78-62-58(76)55(73)60(50(44-67)80-62)83-64-59(77)56(74)61(51(45-68)81-64)82-63-57(75)54(72)53(71)49(43-66)79-63/h15,17,19-20,31,33,39,41,47-51,53-64,66-69,71-77H,3-14,16,18,21-30,32,34-38,40,42-46H2,1-2H3,(H,65,70)/b17-15-,20-19-,33-31+,41-39+. The van der Waals surface area contributed by atoms with Crippen LogP contribution < -0.4 is 5.32 Å². The molecule has 3 rings (SSSR count). The van der Waals surface area contributed by atoms with E-state index in [9.17, 15) is 61.0 Å². The maximum absolute atomic E-state index is 13.3. The van der Waals surface area contributed by atoms with Gasteiger partial charge in [-0.05, 0) is 64.2 Å². The summed E-state index contributed by atoms with van der Waals surface area (Å²) in [4.78, 5) is 13.3. The maximum atomic E-state index is 13.3. The maximum Gasteiger partial charge on any atom is 0.220 e. The first kappa shape index (κ1) is 75.0. The van der Waals surface area contributed by atoms with Crippen molar-refractivity contribution in [3.8, 4) is 0 Å². The molecular formula is C64H115NO18. The number of rotatable bonds is 48. The third-order valence-corrected chi connectivity index (χ3v) is 16.1. The fourth-order valence-electron chi connectivity index (χ4n) is 10.8. The minimum atomic E-state index is -1.98. The van der Waals surface area contributed by atoms with E-state index >= 15 is 0 Å². The zero-order valence-electron chi connectivity index (χ0n) is 50.7. The van der Waals surface area contributed by atoms with Crippen LogP contribution in [0, 0.1) is 0 Å². The largest absolute Gasteiger partial charge is 0.394 e. The van der Waals surface area contributed by atoms with E-state index in [1.165, 1.54) is 141 Å². The van der Waals surface area contributed by atoms with E-state index in [4.69, 9.17) is 28.4 Å². The van der Waals surface area contributed by atoms with Gasteiger partial charge in [0.2, 0.25) is 5.91 Å². The molecule has 0 saturated carbocycles. The number of amides is 1. The van der Waals surface area contributed by atoms with E-state index in [1.54, 1.807) is 6.08 Å². The molecule has 484 valence electrons. The molecule has 3 fully saturated rings. The third-order valence-electron chi connectivity index (χ3n) is 16.1. The van der Waals surface area contributed by atoms with Gasteiger partial charge in [-0.15, -0.1) is 0 Å². The van der Waals surface area contributed by atoms with Crippen LogP contribution in [0.2, 0.25) is 0 Å². The normalized spacial score (nSPS) is 29.7. The van der Waals surface area contributed by atoms with Gasteiger partial charge in [0.25, 0.3) is 0 Å². The fourth-order valence-corrected chi connectivity index (χ4v) is 10.8. The Morgan fingerprint density at radius 2 is 0.807 bits per heavy atom. The van der Waals surface area contributed by atoms with Gasteiger partial charge in [-0.1, -0.05) is 197 Å². The zero-order chi connectivity index (χ0) is 60.5. The third kappa shape index (κ3) is 30.0. The van der Waals surface area contributed by atoms with Gasteiger partial charge in [-0.25, -0.2) is 0 Å². The topological polar surface area (TPSA) is 307 Å². The van der Waals surface area contributed by atoms with Gasteiger partial charge >= 0.3 is 0 Å². The second-order valence-electron chi connectivity index (χ2n) is 23.2. The lowest BCUT2D eigenvalue weighted by molar-refractivity contribution is -0.379. The Balaban J connectivity index is 1.44. The van der Waals surface area contributed by atoms with Crippen molar-refractivity contribution in [3.63, 3.8) is 0 Å². The molecule has 19 heteroatoms. The lowest BCUT2D eigenvalue weighted by atomic mass is 9.96. The fraction of sp³-hybridized carbons (Fsp3) is 0.859. The predicted octanol–water partition coefficient (Wildman–Crippen LogP) is 7.04. The summed E-state index contributed by atoms with van der Waals surface area (Å²) in [5, 5.41) is 120. The molecule has 17 unspecified atom stereocenters. The van der Waals surface area contributed by atoms with Gasteiger partial charge in [-0.3, -0.25) is 4.79 Å². The molecule has 83 heavy (non-hydrogen) atoms. The number of aliphatic hydroxyl groups excluding tert-OH is 11. The number of ether oxygens (including phenoxy) is 6. The van der Waals surface area contributed by atoms with Crippen LogP contribution in [0.15, 0.2) is 48.6 Å². The summed E-state index contributed by atoms with van der Waals surface area (Å²) in [6.07, 6.45) is 26.7. The van der Waals surface area contributed by atoms with E-state index < -0.39 is 124 Å². The molecule has 3 aliphatic rings. The van der Waals surface area contributed by atoms with Gasteiger partial charge < -0.3 is 89.9 Å². The Morgan fingerprint density at radius 3 is 1.28 bits per heavy atom. The summed E-state index contributed by atoms with van der Waals surface area (Å²) in [6.45, 7) is 1.68. The Kier molecular flexibility index (Phi) is 42.3. The zero-order valence-corrected chi connectivity index (χ0v) is 50.7. The van der Waals surface area contributed by atoms with Crippen LogP contribution in [0.25, 0.3) is 0 Å². The summed E-state index contributed by atoms with van der Waals surface area (Å²) in [5.74, 6) is -0.288. The molecule has 0 aromatic rings. The lowest BCUT2D eigenvalue weighted by Gasteiger charge is -2.48. The van der Waals surface area contributed by atoms with Crippen molar-refractivity contribution in [2.24, 2.45) is 0 Å². The number of aliphatic hydroxyl groups is 11. The van der Waals surface area contributed by atoms with Crippen molar-refractivity contribution >= 4 is 5.91 Å². The number of hydrogen-bond acceptors (Lipinski definition) is 18. The first-order valence-corrected chi connectivity index (χ1v) is 32.4. The average molecular weight is 1190 g/mol. The van der Waals surface area contributed by atoms with Crippen molar-refractivity contribution in [2.75, 3.05) is 26.4 Å². The van der Waals surface area contributed by atoms with Crippen LogP contribution in [0.5, 0.6) is 0 Å². The minimum absolute atomic E-state index is 0.234. The average Bonchev–Trinajstić information content (AvgIpc) is 3.57. The molecule has 17 atom stereocenters. The molecular weight excluding hydrogens is 1070 g/mol. The van der Waals surface area contributed by atoms with E-state index in [2.05, 4.69) is 55.6 Å². The first-order chi connectivity index (χ1) is 40.3. The number of carbonyl (C=O) groups is 1. The van der Waals surface area contributed by atoms with E-state index in [-0.39, 0.29) is 18.9 Å². The van der Waals surface area contributed by atoms with Gasteiger partial charge in [-0.2, -0.15) is 0 Å². The van der Waals surface area contributed by atoms with Gasteiger partial charge in [0.1, 0.15) is 73.2 Å². The summed E-state index contributed by atoms with van der Waals surface area (Å²) >= 11 is 0. The number of hydrogen-bond donors (Lipinski definition) is 12. The molecule has 19 nitrogen and oxygen atoms in total. The second-order valence-corrected chi connectivity index (χ2v) is 23.2. The molecule has 0 aliphatic carbocycles. The van der Waals surface area contributed by atoms with Crippen LogP contribution in [-0.2, 0) is 33.2 Å². The molecule has 3 heterocycles. The molecule has 12 N–H and O–H groups in total. The van der Waals surface area contributed by atoms with Crippen LogP contribution in [-0.4, -0.2) is 193 Å². The highest BCUT2D eigenvalue weighted by molar-refractivity contribution is 5.76. The number of carbonyl (C=O) groups excluding carboxylic acids is 1. The van der Waals surface area contributed by atoms with Crippen LogP contribution in [0.4, 0.5) is 0 Å². The number of allylic oxidation sites excluding steroid dienone is 7. The molecule has 1 amide bonds. The van der Waals surface area contributed by atoms with E-state index in [0.29, 0.717) is 12.8 Å². The molecule has 3 aliphatic heterocycles. The van der Waals surface area contributed by atoms with Gasteiger partial charge in [0.05, 0.1) is 38.6 Å². The van der Waals surface area contributed by atoms with Gasteiger partial charge in [0.15, 0.2) is 18.9 Å². The van der Waals surface area contributed by atoms with Crippen molar-refractivity contribution in [1.82, 2.24) is 5.32 Å². The first-order valence-electron chi connectivity index (χ1n) is 32.4. The summed E-state index contributed by atoms with van der Waals surface area (Å²) in [7, 11) is 0. The van der Waals surface area contributed by atoms with Crippen molar-refractivity contribution in [2.45, 2.75) is 324 Å². The molecule has 0 bridgehead atoms. The number of nitrogens with one attached hydrogen (secondary N) is 1. The highest BCUT2D eigenvalue weighted by atomic mass is 16.8. The van der Waals surface area contributed by atoms with Crippen LogP contribution in [0.1, 0.15) is 219 Å². The lowest BCUT2D eigenvalue weighted by Crippen LogP contribution is -2.66. The Labute approximate surface area is 497 Å². The molecule has 0 aromatic carbocycles. The molecule has 0 spiro atoms. The molecule has 0 aromatic heterocycles. The smallest absolute Gasteiger partial charge is 0.220 e. The highest BCUT2D eigenvalue weighted by Crippen LogP contribution is 2.33. The Bertz CT molecular complexity index is 1700. The molecule has 0 radical (unpaired) electrons. The van der Waals surface area contributed by atoms with Crippen LogP contribution in [0.3, 0.4) is 0 Å². The summed E-state index contributed by atoms with van der Waals surface area (Å²) in [6, 6.07) is -0.990. The quantitative estimate of drug-likeness (QED) is 0.0215. The van der Waals surface area contributed by atoms with Crippen molar-refractivity contribution in [1.29, 1.82) is 0 Å². The SMILES string of the molecule is CCCCCCC/C=C\C/C=C\CCCCCCCCCCCCCCCC(=O)NC(COC1OC(CO)C(OC2OC(CO)C(OC3OC(CO)C(O)C(O)C3O)C(O)C2O)C(O)C1O)C(O)/C=C/CC/C=C/CCCCCCCCC.